The normalized spacial score (nSPS) is 11.3. The number of amidine groups is 1. The van der Waals surface area contributed by atoms with Gasteiger partial charge >= 0.3 is 18.2 Å². The van der Waals surface area contributed by atoms with E-state index in [1.807, 2.05) is 56.4 Å². The zero-order chi connectivity index (χ0) is 32.9. The summed E-state index contributed by atoms with van der Waals surface area (Å²) in [6.07, 6.45) is -7.48. The third-order valence-electron chi connectivity index (χ3n) is 5.35. The summed E-state index contributed by atoms with van der Waals surface area (Å²) >= 11 is 0. The molecule has 0 heterocycles. The van der Waals surface area contributed by atoms with E-state index >= 15 is 0 Å². The van der Waals surface area contributed by atoms with Gasteiger partial charge in [0.05, 0.1) is 12.7 Å². The Labute approximate surface area is 251 Å². The molecule has 0 bridgehead atoms. The van der Waals surface area contributed by atoms with Crippen LogP contribution in [0.3, 0.4) is 0 Å². The molecule has 0 spiro atoms. The van der Waals surface area contributed by atoms with Crippen LogP contribution in [0.5, 0.6) is 17.2 Å². The Morgan fingerprint density at radius 1 is 0.909 bits per heavy atom. The zero-order valence-corrected chi connectivity index (χ0v) is 24.0. The molecule has 1 atom stereocenters. The summed E-state index contributed by atoms with van der Waals surface area (Å²) in [5.41, 5.74) is 1.86. The Balaban J connectivity index is 0.000000860. The van der Waals surface area contributed by atoms with Gasteiger partial charge in [0, 0.05) is 17.7 Å². The minimum Gasteiger partial charge on any atom is -0.490 e. The number of ether oxygens (including phenoxy) is 3. The minimum atomic E-state index is -5.08. The van der Waals surface area contributed by atoms with Crippen molar-refractivity contribution < 1.29 is 52.0 Å². The summed E-state index contributed by atoms with van der Waals surface area (Å²) in [4.78, 5) is 33.0. The SMILES string of the molecule is CCOc1cc(C(Oc2ccc(C(=N)NC(=O)O)cc2)C(=O)NCc2ccccc2)ccc1OC(C)C.O=C(O)C(F)(F)F. The first-order valence-electron chi connectivity index (χ1n) is 13.1. The molecule has 11 nitrogen and oxygen atoms in total. The second-order valence-electron chi connectivity index (χ2n) is 9.14. The van der Waals surface area contributed by atoms with E-state index in [-0.39, 0.29) is 17.8 Å². The van der Waals surface area contributed by atoms with Gasteiger partial charge < -0.3 is 29.7 Å². The highest BCUT2D eigenvalue weighted by Crippen LogP contribution is 2.33. The smallest absolute Gasteiger partial charge is 0.490 e. The van der Waals surface area contributed by atoms with E-state index in [0.29, 0.717) is 41.5 Å². The topological polar surface area (TPSA) is 167 Å². The monoisotopic (exact) mass is 619 g/mol. The van der Waals surface area contributed by atoms with Gasteiger partial charge in [0.1, 0.15) is 11.6 Å². The predicted molar refractivity (Wildman–Crippen MR) is 153 cm³/mol. The summed E-state index contributed by atoms with van der Waals surface area (Å²) in [6.45, 7) is 6.44. The van der Waals surface area contributed by atoms with Gasteiger partial charge in [0.25, 0.3) is 5.91 Å². The van der Waals surface area contributed by atoms with Crippen molar-refractivity contribution in [3.05, 3.63) is 89.5 Å². The molecule has 3 rings (SSSR count). The van der Waals surface area contributed by atoms with Crippen molar-refractivity contribution in [2.75, 3.05) is 6.61 Å². The molecular weight excluding hydrogens is 587 g/mol. The van der Waals surface area contributed by atoms with Crippen molar-refractivity contribution in [2.45, 2.75) is 45.7 Å². The molecule has 44 heavy (non-hydrogen) atoms. The highest BCUT2D eigenvalue weighted by atomic mass is 19.4. The first-order chi connectivity index (χ1) is 20.7. The fourth-order valence-corrected chi connectivity index (χ4v) is 3.47. The lowest BCUT2D eigenvalue weighted by atomic mass is 10.1. The van der Waals surface area contributed by atoms with Gasteiger partial charge in [-0.25, -0.2) is 9.59 Å². The first kappa shape index (κ1) is 34.9. The summed E-state index contributed by atoms with van der Waals surface area (Å²) in [5.74, 6) is -1.94. The molecule has 3 aromatic rings. The quantitative estimate of drug-likeness (QED) is 0.138. The lowest BCUT2D eigenvalue weighted by Gasteiger charge is -2.21. The number of carbonyl (C=O) groups excluding carboxylic acids is 1. The molecule has 2 amide bonds. The number of carboxylic acid groups (broad SMARTS) is 2. The lowest BCUT2D eigenvalue weighted by Crippen LogP contribution is -2.32. The molecule has 14 heteroatoms. The highest BCUT2D eigenvalue weighted by molar-refractivity contribution is 6.04. The zero-order valence-electron chi connectivity index (χ0n) is 24.0. The van der Waals surface area contributed by atoms with Crippen LogP contribution in [0.1, 0.15) is 43.6 Å². The molecule has 5 N–H and O–H groups in total. The Kier molecular flexibility index (Phi) is 13.0. The molecule has 0 saturated heterocycles. The van der Waals surface area contributed by atoms with Gasteiger partial charge in [0.2, 0.25) is 6.10 Å². The molecule has 0 fully saturated rings. The fraction of sp³-hybridized carbons (Fsp3) is 0.267. The summed E-state index contributed by atoms with van der Waals surface area (Å²) in [7, 11) is 0. The number of hydrogen-bond acceptors (Lipinski definition) is 7. The number of aliphatic carboxylic acids is 1. The van der Waals surface area contributed by atoms with Crippen LogP contribution in [0.2, 0.25) is 0 Å². The maximum atomic E-state index is 13.3. The van der Waals surface area contributed by atoms with Crippen LogP contribution in [0.4, 0.5) is 18.0 Å². The van der Waals surface area contributed by atoms with E-state index in [9.17, 15) is 22.8 Å². The average molecular weight is 620 g/mol. The third kappa shape index (κ3) is 11.5. The number of amides is 2. The second kappa shape index (κ2) is 16.4. The Morgan fingerprint density at radius 3 is 2.05 bits per heavy atom. The number of alkyl halides is 3. The largest absolute Gasteiger partial charge is 0.490 e. The number of hydrogen-bond donors (Lipinski definition) is 5. The van der Waals surface area contributed by atoms with Crippen LogP contribution < -0.4 is 24.8 Å². The molecule has 0 radical (unpaired) electrons. The van der Waals surface area contributed by atoms with E-state index in [1.165, 1.54) is 12.1 Å². The number of rotatable bonds is 11. The van der Waals surface area contributed by atoms with Crippen molar-refractivity contribution in [2.24, 2.45) is 0 Å². The van der Waals surface area contributed by atoms with E-state index in [0.717, 1.165) is 5.56 Å². The van der Waals surface area contributed by atoms with E-state index in [1.54, 1.807) is 30.3 Å². The van der Waals surface area contributed by atoms with Crippen molar-refractivity contribution in [3.8, 4) is 17.2 Å². The van der Waals surface area contributed by atoms with Crippen molar-refractivity contribution in [1.82, 2.24) is 10.6 Å². The molecule has 0 aliphatic carbocycles. The molecule has 236 valence electrons. The Hall–Kier alpha value is -5.27. The van der Waals surface area contributed by atoms with E-state index in [4.69, 9.17) is 34.6 Å². The van der Waals surface area contributed by atoms with E-state index in [2.05, 4.69) is 5.32 Å². The molecule has 3 aromatic carbocycles. The van der Waals surface area contributed by atoms with Crippen LogP contribution in [-0.2, 0) is 16.1 Å². The molecule has 0 aromatic heterocycles. The second-order valence-corrected chi connectivity index (χ2v) is 9.14. The number of carbonyl (C=O) groups is 3. The van der Waals surface area contributed by atoms with Crippen LogP contribution >= 0.6 is 0 Å². The number of benzene rings is 3. The standard InChI is InChI=1S/C28H31N3O6.C2HF3O2/c1-4-35-24-16-21(12-15-23(24)36-18(2)3)25(27(32)30-17-19-8-6-5-7-9-19)37-22-13-10-20(11-14-22)26(29)31-28(33)34;3-2(4,5)1(6)7/h5-16,18,25H,4,17H2,1-3H3,(H2,29,31)(H,30,32)(H,33,34);(H,6,7). The molecule has 0 aliphatic heterocycles. The van der Waals surface area contributed by atoms with Crippen LogP contribution in [0.15, 0.2) is 72.8 Å². The van der Waals surface area contributed by atoms with Crippen LogP contribution in [0, 0.1) is 5.41 Å². The first-order valence-corrected chi connectivity index (χ1v) is 13.1. The molecule has 0 aliphatic rings. The van der Waals surface area contributed by atoms with Crippen molar-refractivity contribution in [3.63, 3.8) is 0 Å². The number of carboxylic acids is 1. The molecular formula is C30H32F3N3O8. The van der Waals surface area contributed by atoms with Gasteiger partial charge in [-0.15, -0.1) is 0 Å². The summed E-state index contributed by atoms with van der Waals surface area (Å²) in [5, 5.41) is 28.7. The van der Waals surface area contributed by atoms with Crippen LogP contribution in [0.25, 0.3) is 0 Å². The van der Waals surface area contributed by atoms with Gasteiger partial charge in [0.15, 0.2) is 11.5 Å². The number of halogens is 3. The highest BCUT2D eigenvalue weighted by Gasteiger charge is 2.38. The maximum absolute atomic E-state index is 13.3. The summed E-state index contributed by atoms with van der Waals surface area (Å²) < 4.78 is 49.5. The third-order valence-corrected chi connectivity index (χ3v) is 5.35. The average Bonchev–Trinajstić information content (AvgIpc) is 2.96. The van der Waals surface area contributed by atoms with Gasteiger partial charge in [-0.05, 0) is 62.7 Å². The van der Waals surface area contributed by atoms with Crippen molar-refractivity contribution >= 4 is 23.8 Å². The van der Waals surface area contributed by atoms with Gasteiger partial charge in [-0.2, -0.15) is 13.2 Å². The number of nitrogens with one attached hydrogen (secondary N) is 3. The van der Waals surface area contributed by atoms with Crippen LogP contribution in [-0.4, -0.2) is 52.9 Å². The van der Waals surface area contributed by atoms with Gasteiger partial charge in [-0.1, -0.05) is 36.4 Å². The fourth-order valence-electron chi connectivity index (χ4n) is 3.47. The molecule has 0 saturated carbocycles. The minimum absolute atomic E-state index is 0.0564. The Bertz CT molecular complexity index is 1420. The van der Waals surface area contributed by atoms with Crippen molar-refractivity contribution in [1.29, 1.82) is 5.41 Å². The lowest BCUT2D eigenvalue weighted by molar-refractivity contribution is -0.192. The predicted octanol–water partition coefficient (Wildman–Crippen LogP) is 5.54. The Morgan fingerprint density at radius 2 is 1.52 bits per heavy atom. The van der Waals surface area contributed by atoms with Gasteiger partial charge in [-0.3, -0.25) is 15.5 Å². The molecule has 1 unspecified atom stereocenters. The maximum Gasteiger partial charge on any atom is 0.490 e. The van der Waals surface area contributed by atoms with E-state index < -0.39 is 24.3 Å². The summed E-state index contributed by atoms with van der Waals surface area (Å²) in [6, 6.07) is 21.0.